The molecular weight excluding hydrogens is 366 g/mol. The first-order valence-corrected chi connectivity index (χ1v) is 9.57. The van der Waals surface area contributed by atoms with Gasteiger partial charge in [0.05, 0.1) is 0 Å². The van der Waals surface area contributed by atoms with Crippen LogP contribution in [0.1, 0.15) is 44.1 Å². The van der Waals surface area contributed by atoms with E-state index in [0.29, 0.717) is 19.4 Å². The van der Waals surface area contributed by atoms with Crippen LogP contribution in [0.2, 0.25) is 0 Å². The second kappa shape index (κ2) is 10.1. The lowest BCUT2D eigenvalue weighted by atomic mass is 9.91. The number of benzene rings is 1. The summed E-state index contributed by atoms with van der Waals surface area (Å²) in [5.74, 6) is 0.179. The van der Waals surface area contributed by atoms with Crippen LogP contribution < -0.4 is 16.0 Å². The fraction of sp³-hybridized carbons (Fsp3) is 0.600. The van der Waals surface area contributed by atoms with E-state index < -0.39 is 5.60 Å². The Morgan fingerprint density at radius 2 is 1.93 bits per heavy atom. The third-order valence-corrected chi connectivity index (χ3v) is 5.59. The van der Waals surface area contributed by atoms with Crippen molar-refractivity contribution in [3.05, 3.63) is 29.8 Å². The van der Waals surface area contributed by atoms with Crippen molar-refractivity contribution in [2.75, 3.05) is 25.5 Å². The van der Waals surface area contributed by atoms with E-state index >= 15 is 0 Å². The van der Waals surface area contributed by atoms with Crippen LogP contribution in [0.4, 0.5) is 5.69 Å². The van der Waals surface area contributed by atoms with Crippen molar-refractivity contribution in [1.82, 2.24) is 10.6 Å². The standard InChI is InChI=1S/C20H29N3O3.ClH/c1-26-20(9-11-21-12-10-20)19(25)22-14-15-5-4-8-17(13-15)23-18(24)16-6-2-3-7-16;/h4-5,8,13,16,21H,2-3,6-7,9-12,14H2,1H3,(H,22,25)(H,23,24);1H. The number of anilines is 1. The van der Waals surface area contributed by atoms with Crippen LogP contribution in [0, 0.1) is 5.92 Å². The highest BCUT2D eigenvalue weighted by Crippen LogP contribution is 2.26. The van der Waals surface area contributed by atoms with Crippen LogP contribution in [-0.4, -0.2) is 37.6 Å². The lowest BCUT2D eigenvalue weighted by Gasteiger charge is -2.34. The molecule has 150 valence electrons. The first kappa shape index (κ1) is 21.7. The highest BCUT2D eigenvalue weighted by Gasteiger charge is 2.39. The van der Waals surface area contributed by atoms with Crippen LogP contribution >= 0.6 is 12.4 Å². The van der Waals surface area contributed by atoms with Gasteiger partial charge in [0.25, 0.3) is 5.91 Å². The number of carbonyl (C=O) groups excluding carboxylic acids is 2. The van der Waals surface area contributed by atoms with Gasteiger partial charge in [-0.15, -0.1) is 12.4 Å². The van der Waals surface area contributed by atoms with E-state index in [1.807, 2.05) is 24.3 Å². The number of ether oxygens (including phenoxy) is 1. The summed E-state index contributed by atoms with van der Waals surface area (Å²) in [7, 11) is 1.60. The monoisotopic (exact) mass is 395 g/mol. The normalized spacial score (nSPS) is 19.1. The summed E-state index contributed by atoms with van der Waals surface area (Å²) < 4.78 is 5.55. The summed E-state index contributed by atoms with van der Waals surface area (Å²) in [6, 6.07) is 7.67. The molecule has 1 heterocycles. The predicted octanol–water partition coefficient (Wildman–Crippen LogP) is 2.62. The number of halogens is 1. The Morgan fingerprint density at radius 1 is 1.22 bits per heavy atom. The Hall–Kier alpha value is -1.63. The Bertz CT molecular complexity index is 641. The zero-order valence-electron chi connectivity index (χ0n) is 15.9. The quantitative estimate of drug-likeness (QED) is 0.691. The molecule has 2 aliphatic rings. The van der Waals surface area contributed by atoms with Gasteiger partial charge in [-0.3, -0.25) is 9.59 Å². The molecule has 2 amide bonds. The molecule has 1 aliphatic carbocycles. The fourth-order valence-electron chi connectivity index (χ4n) is 3.89. The second-order valence-corrected chi connectivity index (χ2v) is 7.30. The van der Waals surface area contributed by atoms with E-state index in [0.717, 1.165) is 50.0 Å². The average molecular weight is 396 g/mol. The first-order valence-electron chi connectivity index (χ1n) is 9.57. The number of rotatable bonds is 6. The number of carbonyl (C=O) groups is 2. The summed E-state index contributed by atoms with van der Waals surface area (Å²) in [6.45, 7) is 1.98. The second-order valence-electron chi connectivity index (χ2n) is 7.30. The summed E-state index contributed by atoms with van der Waals surface area (Å²) >= 11 is 0. The van der Waals surface area contributed by atoms with Crippen molar-refractivity contribution in [3.8, 4) is 0 Å². The highest BCUT2D eigenvalue weighted by atomic mass is 35.5. The van der Waals surface area contributed by atoms with E-state index in [2.05, 4.69) is 16.0 Å². The topological polar surface area (TPSA) is 79.5 Å². The molecule has 1 aromatic rings. The first-order chi connectivity index (χ1) is 12.6. The van der Waals surface area contributed by atoms with Crippen molar-refractivity contribution in [2.45, 2.75) is 50.7 Å². The van der Waals surface area contributed by atoms with Gasteiger partial charge in [-0.25, -0.2) is 0 Å². The van der Waals surface area contributed by atoms with Gasteiger partial charge in [0.15, 0.2) is 0 Å². The molecule has 3 rings (SSSR count). The molecular formula is C20H30ClN3O3. The molecule has 0 bridgehead atoms. The number of methoxy groups -OCH3 is 1. The minimum Gasteiger partial charge on any atom is -0.368 e. The number of nitrogens with one attached hydrogen (secondary N) is 3. The van der Waals surface area contributed by atoms with E-state index in [-0.39, 0.29) is 30.1 Å². The van der Waals surface area contributed by atoms with Crippen LogP contribution in [0.15, 0.2) is 24.3 Å². The molecule has 6 nitrogen and oxygen atoms in total. The molecule has 7 heteroatoms. The van der Waals surface area contributed by atoms with Crippen LogP contribution in [0.5, 0.6) is 0 Å². The molecule has 1 saturated heterocycles. The maximum absolute atomic E-state index is 12.6. The molecule has 3 N–H and O–H groups in total. The maximum atomic E-state index is 12.6. The fourth-order valence-corrected chi connectivity index (χ4v) is 3.89. The molecule has 0 unspecified atom stereocenters. The van der Waals surface area contributed by atoms with E-state index in [1.165, 1.54) is 0 Å². The van der Waals surface area contributed by atoms with Crippen molar-refractivity contribution in [3.63, 3.8) is 0 Å². The summed E-state index contributed by atoms with van der Waals surface area (Å²) in [5.41, 5.74) is 1.01. The number of piperidine rings is 1. The van der Waals surface area contributed by atoms with Gasteiger partial charge in [-0.1, -0.05) is 25.0 Å². The van der Waals surface area contributed by atoms with Crippen molar-refractivity contribution >= 4 is 29.9 Å². The maximum Gasteiger partial charge on any atom is 0.252 e. The SMILES string of the molecule is COC1(C(=O)NCc2cccc(NC(=O)C3CCCC3)c2)CCNCC1.Cl. The molecule has 2 fully saturated rings. The molecule has 0 aromatic heterocycles. The zero-order valence-corrected chi connectivity index (χ0v) is 16.7. The van der Waals surface area contributed by atoms with Gasteiger partial charge in [-0.2, -0.15) is 0 Å². The van der Waals surface area contributed by atoms with Crippen molar-refractivity contribution in [2.24, 2.45) is 5.92 Å². The summed E-state index contributed by atoms with van der Waals surface area (Å²) in [6.07, 6.45) is 5.59. The van der Waals surface area contributed by atoms with Crippen molar-refractivity contribution in [1.29, 1.82) is 0 Å². The third kappa shape index (κ3) is 5.43. The van der Waals surface area contributed by atoms with Gasteiger partial charge in [0.2, 0.25) is 5.91 Å². The van der Waals surface area contributed by atoms with Crippen LogP contribution in [-0.2, 0) is 20.9 Å². The highest BCUT2D eigenvalue weighted by molar-refractivity contribution is 5.92. The largest absolute Gasteiger partial charge is 0.368 e. The lowest BCUT2D eigenvalue weighted by molar-refractivity contribution is -0.146. The van der Waals surface area contributed by atoms with E-state index in [1.54, 1.807) is 7.11 Å². The number of hydrogen-bond acceptors (Lipinski definition) is 4. The minimum absolute atomic E-state index is 0. The molecule has 0 atom stereocenters. The molecule has 27 heavy (non-hydrogen) atoms. The van der Waals surface area contributed by atoms with Crippen LogP contribution in [0.3, 0.4) is 0 Å². The predicted molar refractivity (Wildman–Crippen MR) is 108 cm³/mol. The Kier molecular flexibility index (Phi) is 8.07. The third-order valence-electron chi connectivity index (χ3n) is 5.59. The number of hydrogen-bond donors (Lipinski definition) is 3. The van der Waals surface area contributed by atoms with Gasteiger partial charge in [0, 0.05) is 25.3 Å². The zero-order chi connectivity index (χ0) is 18.4. The molecule has 1 aliphatic heterocycles. The van der Waals surface area contributed by atoms with E-state index in [4.69, 9.17) is 4.74 Å². The van der Waals surface area contributed by atoms with E-state index in [9.17, 15) is 9.59 Å². The van der Waals surface area contributed by atoms with Gasteiger partial charge < -0.3 is 20.7 Å². The molecule has 1 saturated carbocycles. The van der Waals surface area contributed by atoms with Crippen LogP contribution in [0.25, 0.3) is 0 Å². The van der Waals surface area contributed by atoms with Gasteiger partial charge >= 0.3 is 0 Å². The summed E-state index contributed by atoms with van der Waals surface area (Å²) in [5, 5.41) is 9.25. The number of amides is 2. The molecule has 1 aromatic carbocycles. The molecule has 0 radical (unpaired) electrons. The smallest absolute Gasteiger partial charge is 0.252 e. The lowest BCUT2D eigenvalue weighted by Crippen LogP contribution is -2.53. The minimum atomic E-state index is -0.737. The Labute approximate surface area is 167 Å². The van der Waals surface area contributed by atoms with Gasteiger partial charge in [0.1, 0.15) is 5.60 Å². The average Bonchev–Trinajstić information content (AvgIpc) is 3.22. The molecule has 0 spiro atoms. The Balaban J connectivity index is 0.00000261. The van der Waals surface area contributed by atoms with Crippen molar-refractivity contribution < 1.29 is 14.3 Å². The van der Waals surface area contributed by atoms with Gasteiger partial charge in [-0.05, 0) is 56.5 Å². The summed E-state index contributed by atoms with van der Waals surface area (Å²) in [4.78, 5) is 24.9. The Morgan fingerprint density at radius 3 is 2.59 bits per heavy atom.